The van der Waals surface area contributed by atoms with Gasteiger partial charge in [-0.3, -0.25) is 4.98 Å². The number of carbonyl (C=O) groups is 1. The molecular formula is C13H18N2O. The van der Waals surface area contributed by atoms with Gasteiger partial charge in [-0.2, -0.15) is 0 Å². The van der Waals surface area contributed by atoms with E-state index in [2.05, 4.69) is 30.2 Å². The normalized spacial score (nSPS) is 18.8. The van der Waals surface area contributed by atoms with Crippen molar-refractivity contribution in [2.24, 2.45) is 0 Å². The summed E-state index contributed by atoms with van der Waals surface area (Å²) >= 11 is 0. The molecule has 1 unspecified atom stereocenters. The second kappa shape index (κ2) is 4.64. The Morgan fingerprint density at radius 2 is 2.31 bits per heavy atom. The standard InChI is InChI=1S/C13H18N2O/c1-3-9-7-13-11(12(4-2)14-9)6-5-10(8-16)15-13/h7-8,10,15H,3-6H2,1-2H3. The molecule has 0 aliphatic carbocycles. The Kier molecular flexibility index (Phi) is 3.22. The number of aldehydes is 1. The Bertz CT molecular complexity index is 401. The number of pyridine rings is 1. The van der Waals surface area contributed by atoms with Gasteiger partial charge in [0, 0.05) is 17.1 Å². The summed E-state index contributed by atoms with van der Waals surface area (Å²) in [5.41, 5.74) is 4.71. The van der Waals surface area contributed by atoms with Gasteiger partial charge in [0.1, 0.15) is 6.29 Å². The monoisotopic (exact) mass is 218 g/mol. The molecule has 1 aromatic heterocycles. The molecule has 1 aliphatic heterocycles. The van der Waals surface area contributed by atoms with E-state index in [9.17, 15) is 4.79 Å². The van der Waals surface area contributed by atoms with Crippen LogP contribution in [0.1, 0.15) is 37.2 Å². The van der Waals surface area contributed by atoms with Crippen LogP contribution in [0.25, 0.3) is 0 Å². The van der Waals surface area contributed by atoms with Crippen LogP contribution in [-0.4, -0.2) is 17.3 Å². The van der Waals surface area contributed by atoms with Crippen LogP contribution < -0.4 is 5.32 Å². The SMILES string of the molecule is CCc1cc2c(c(CC)n1)CCC(C=O)N2. The Morgan fingerprint density at radius 1 is 1.50 bits per heavy atom. The van der Waals surface area contributed by atoms with Gasteiger partial charge >= 0.3 is 0 Å². The predicted molar refractivity (Wildman–Crippen MR) is 64.8 cm³/mol. The van der Waals surface area contributed by atoms with Crippen LogP contribution in [0.3, 0.4) is 0 Å². The first-order valence-corrected chi connectivity index (χ1v) is 6.02. The lowest BCUT2D eigenvalue weighted by Gasteiger charge is -2.25. The van der Waals surface area contributed by atoms with Crippen LogP contribution in [0.5, 0.6) is 0 Å². The third-order valence-electron chi connectivity index (χ3n) is 3.17. The van der Waals surface area contributed by atoms with Crippen molar-refractivity contribution in [2.45, 2.75) is 45.6 Å². The molecule has 3 nitrogen and oxygen atoms in total. The molecule has 2 rings (SSSR count). The van der Waals surface area contributed by atoms with E-state index in [1.54, 1.807) is 0 Å². The van der Waals surface area contributed by atoms with Gasteiger partial charge in [-0.1, -0.05) is 13.8 Å². The van der Waals surface area contributed by atoms with Crippen LogP contribution in [0.2, 0.25) is 0 Å². The number of hydrogen-bond acceptors (Lipinski definition) is 3. The zero-order chi connectivity index (χ0) is 11.5. The number of nitrogens with zero attached hydrogens (tertiary/aromatic N) is 1. The van der Waals surface area contributed by atoms with Gasteiger partial charge in [0.05, 0.1) is 6.04 Å². The number of aryl methyl sites for hydroxylation is 2. The smallest absolute Gasteiger partial charge is 0.142 e. The number of rotatable bonds is 3. The zero-order valence-corrected chi connectivity index (χ0v) is 9.92. The maximum absolute atomic E-state index is 10.8. The summed E-state index contributed by atoms with van der Waals surface area (Å²) in [5.74, 6) is 0. The van der Waals surface area contributed by atoms with Gasteiger partial charge in [0.2, 0.25) is 0 Å². The molecule has 0 fully saturated rings. The molecule has 0 aromatic carbocycles. The van der Waals surface area contributed by atoms with Crippen molar-refractivity contribution in [1.82, 2.24) is 4.98 Å². The highest BCUT2D eigenvalue weighted by Gasteiger charge is 2.20. The third-order valence-corrected chi connectivity index (χ3v) is 3.17. The number of carbonyl (C=O) groups excluding carboxylic acids is 1. The first kappa shape index (κ1) is 11.1. The van der Waals surface area contributed by atoms with E-state index >= 15 is 0 Å². The molecular weight excluding hydrogens is 200 g/mol. The van der Waals surface area contributed by atoms with Crippen LogP contribution >= 0.6 is 0 Å². The molecule has 0 amide bonds. The molecule has 1 N–H and O–H groups in total. The van der Waals surface area contributed by atoms with E-state index in [4.69, 9.17) is 0 Å². The predicted octanol–water partition coefficient (Wildman–Crippen LogP) is 2.13. The van der Waals surface area contributed by atoms with Gasteiger partial charge < -0.3 is 10.1 Å². The lowest BCUT2D eigenvalue weighted by atomic mass is 9.96. The first-order chi connectivity index (χ1) is 7.78. The minimum Gasteiger partial charge on any atom is -0.375 e. The minimum atomic E-state index is -0.0238. The molecule has 1 atom stereocenters. The maximum Gasteiger partial charge on any atom is 0.142 e. The van der Waals surface area contributed by atoms with Gasteiger partial charge in [-0.25, -0.2) is 0 Å². The minimum absolute atomic E-state index is 0.0238. The lowest BCUT2D eigenvalue weighted by molar-refractivity contribution is -0.108. The number of hydrogen-bond donors (Lipinski definition) is 1. The van der Waals surface area contributed by atoms with Crippen LogP contribution in [0, 0.1) is 0 Å². The average Bonchev–Trinajstić information content (AvgIpc) is 2.36. The molecule has 0 spiro atoms. The van der Waals surface area contributed by atoms with E-state index in [1.165, 1.54) is 11.3 Å². The summed E-state index contributed by atoms with van der Waals surface area (Å²) < 4.78 is 0. The summed E-state index contributed by atoms with van der Waals surface area (Å²) in [5, 5.41) is 3.29. The zero-order valence-electron chi connectivity index (χ0n) is 9.92. The van der Waals surface area contributed by atoms with Crippen molar-refractivity contribution in [3.8, 4) is 0 Å². The Morgan fingerprint density at radius 3 is 2.94 bits per heavy atom. The number of aromatic nitrogens is 1. The Balaban J connectivity index is 2.41. The van der Waals surface area contributed by atoms with Gasteiger partial charge in [0.15, 0.2) is 0 Å². The van der Waals surface area contributed by atoms with Crippen molar-refractivity contribution in [3.63, 3.8) is 0 Å². The van der Waals surface area contributed by atoms with E-state index in [1.807, 2.05) is 0 Å². The molecule has 0 radical (unpaired) electrons. The first-order valence-electron chi connectivity index (χ1n) is 6.02. The molecule has 86 valence electrons. The second-order valence-corrected chi connectivity index (χ2v) is 4.22. The number of fused-ring (bicyclic) bond motifs is 1. The van der Waals surface area contributed by atoms with E-state index < -0.39 is 0 Å². The van der Waals surface area contributed by atoms with Gasteiger partial charge in [-0.15, -0.1) is 0 Å². The summed E-state index contributed by atoms with van der Waals surface area (Å²) in [6.07, 6.45) is 4.75. The fourth-order valence-corrected chi connectivity index (χ4v) is 2.24. The summed E-state index contributed by atoms with van der Waals surface area (Å²) in [4.78, 5) is 15.4. The van der Waals surface area contributed by atoms with E-state index in [0.29, 0.717) is 0 Å². The molecule has 2 heterocycles. The Labute approximate surface area is 96.3 Å². The summed E-state index contributed by atoms with van der Waals surface area (Å²) in [6.45, 7) is 4.24. The fourth-order valence-electron chi connectivity index (χ4n) is 2.24. The van der Waals surface area contributed by atoms with Crippen LogP contribution in [0.4, 0.5) is 5.69 Å². The highest BCUT2D eigenvalue weighted by atomic mass is 16.1. The molecule has 3 heteroatoms. The topological polar surface area (TPSA) is 42.0 Å². The summed E-state index contributed by atoms with van der Waals surface area (Å²) in [7, 11) is 0. The third kappa shape index (κ3) is 1.94. The maximum atomic E-state index is 10.8. The number of anilines is 1. The average molecular weight is 218 g/mol. The van der Waals surface area contributed by atoms with Crippen molar-refractivity contribution in [2.75, 3.05) is 5.32 Å². The number of nitrogens with one attached hydrogen (secondary N) is 1. The molecule has 16 heavy (non-hydrogen) atoms. The van der Waals surface area contributed by atoms with Crippen molar-refractivity contribution < 1.29 is 4.79 Å². The Hall–Kier alpha value is -1.38. The van der Waals surface area contributed by atoms with Gasteiger partial charge in [0.25, 0.3) is 0 Å². The molecule has 1 aliphatic rings. The lowest BCUT2D eigenvalue weighted by Crippen LogP contribution is -2.27. The largest absolute Gasteiger partial charge is 0.375 e. The van der Waals surface area contributed by atoms with Crippen molar-refractivity contribution >= 4 is 12.0 Å². The van der Waals surface area contributed by atoms with E-state index in [0.717, 1.165) is 43.4 Å². The van der Waals surface area contributed by atoms with E-state index in [-0.39, 0.29) is 6.04 Å². The molecule has 0 saturated carbocycles. The van der Waals surface area contributed by atoms with Crippen LogP contribution in [-0.2, 0) is 24.1 Å². The molecule has 0 saturated heterocycles. The van der Waals surface area contributed by atoms with Crippen molar-refractivity contribution in [3.05, 3.63) is 23.0 Å². The highest BCUT2D eigenvalue weighted by molar-refractivity contribution is 5.68. The van der Waals surface area contributed by atoms with Crippen LogP contribution in [0.15, 0.2) is 6.07 Å². The van der Waals surface area contributed by atoms with Gasteiger partial charge in [-0.05, 0) is 37.3 Å². The quantitative estimate of drug-likeness (QED) is 0.790. The molecule has 1 aromatic rings. The fraction of sp³-hybridized carbons (Fsp3) is 0.538. The highest BCUT2D eigenvalue weighted by Crippen LogP contribution is 2.27. The molecule has 0 bridgehead atoms. The van der Waals surface area contributed by atoms with Crippen molar-refractivity contribution in [1.29, 1.82) is 0 Å². The summed E-state index contributed by atoms with van der Waals surface area (Å²) in [6, 6.07) is 2.06. The second-order valence-electron chi connectivity index (χ2n) is 4.22.